The Hall–Kier alpha value is -1.33. The summed E-state index contributed by atoms with van der Waals surface area (Å²) in [6.45, 7) is 0.588. The molecule has 0 spiro atoms. The maximum atomic E-state index is 12.5. The van der Waals surface area contributed by atoms with Gasteiger partial charge in [-0.25, -0.2) is 8.78 Å². The first-order chi connectivity index (χ1) is 6.92. The average Bonchev–Trinajstić information content (AvgIpc) is 2.15. The molecule has 0 saturated carbocycles. The molecule has 84 valence electrons. The standard InChI is InChI=1S/C9H10F4N2/c1-6-4-7(2-3-14-6)15-5-9(12,13)8(10)11/h2-4,8H,5H2,1H3,(H,14,15). The molecule has 0 aromatic carbocycles. The van der Waals surface area contributed by atoms with Crippen molar-refractivity contribution in [3.8, 4) is 0 Å². The van der Waals surface area contributed by atoms with Crippen molar-refractivity contribution in [1.29, 1.82) is 0 Å². The molecule has 0 saturated heterocycles. The number of rotatable bonds is 4. The Kier molecular flexibility index (Phi) is 3.49. The van der Waals surface area contributed by atoms with Crippen LogP contribution in [0.25, 0.3) is 0 Å². The average molecular weight is 222 g/mol. The summed E-state index contributed by atoms with van der Waals surface area (Å²) in [6.07, 6.45) is -2.24. The third-order valence-corrected chi connectivity index (χ3v) is 1.74. The molecule has 0 aliphatic rings. The molecule has 0 fully saturated rings. The summed E-state index contributed by atoms with van der Waals surface area (Å²) >= 11 is 0. The van der Waals surface area contributed by atoms with E-state index in [1.807, 2.05) is 0 Å². The van der Waals surface area contributed by atoms with Gasteiger partial charge in [-0.3, -0.25) is 4.98 Å². The molecular weight excluding hydrogens is 212 g/mol. The van der Waals surface area contributed by atoms with Crippen molar-refractivity contribution < 1.29 is 17.6 Å². The number of halogens is 4. The largest absolute Gasteiger partial charge is 0.379 e. The third kappa shape index (κ3) is 3.38. The molecule has 0 radical (unpaired) electrons. The van der Waals surface area contributed by atoms with Crippen molar-refractivity contribution in [1.82, 2.24) is 4.98 Å². The van der Waals surface area contributed by atoms with Gasteiger partial charge in [0.15, 0.2) is 0 Å². The summed E-state index contributed by atoms with van der Waals surface area (Å²) in [5.41, 5.74) is 0.975. The van der Waals surface area contributed by atoms with E-state index in [1.54, 1.807) is 6.92 Å². The molecular formula is C9H10F4N2. The van der Waals surface area contributed by atoms with Crippen molar-refractivity contribution in [3.63, 3.8) is 0 Å². The van der Waals surface area contributed by atoms with Crippen LogP contribution in [0, 0.1) is 6.92 Å². The highest BCUT2D eigenvalue weighted by Crippen LogP contribution is 2.23. The summed E-state index contributed by atoms with van der Waals surface area (Å²) in [5, 5.41) is 2.24. The Morgan fingerprint density at radius 2 is 2.13 bits per heavy atom. The second-order valence-electron chi connectivity index (χ2n) is 3.10. The van der Waals surface area contributed by atoms with Crippen LogP contribution in [0.5, 0.6) is 0 Å². The summed E-state index contributed by atoms with van der Waals surface area (Å²) < 4.78 is 48.6. The highest BCUT2D eigenvalue weighted by Gasteiger charge is 2.40. The number of alkyl halides is 4. The van der Waals surface area contributed by atoms with Gasteiger partial charge in [0.1, 0.15) is 0 Å². The van der Waals surface area contributed by atoms with E-state index in [0.717, 1.165) is 0 Å². The van der Waals surface area contributed by atoms with Gasteiger partial charge in [0, 0.05) is 17.6 Å². The fourth-order valence-corrected chi connectivity index (χ4v) is 0.953. The van der Waals surface area contributed by atoms with Crippen LogP contribution in [0.2, 0.25) is 0 Å². The summed E-state index contributed by atoms with van der Waals surface area (Å²) in [6, 6.07) is 2.94. The highest BCUT2D eigenvalue weighted by atomic mass is 19.3. The normalized spacial score (nSPS) is 11.9. The Labute approximate surface area is 84.3 Å². The number of nitrogens with zero attached hydrogens (tertiary/aromatic N) is 1. The first-order valence-electron chi connectivity index (χ1n) is 4.24. The predicted octanol–water partition coefficient (Wildman–Crippen LogP) is 2.70. The zero-order valence-electron chi connectivity index (χ0n) is 7.98. The zero-order chi connectivity index (χ0) is 11.5. The maximum absolute atomic E-state index is 12.5. The van der Waals surface area contributed by atoms with Crippen LogP contribution >= 0.6 is 0 Å². The Morgan fingerprint density at radius 3 is 2.67 bits per heavy atom. The second kappa shape index (κ2) is 4.46. The van der Waals surface area contributed by atoms with Gasteiger partial charge < -0.3 is 5.32 Å². The number of hydrogen-bond donors (Lipinski definition) is 1. The van der Waals surface area contributed by atoms with E-state index in [0.29, 0.717) is 11.4 Å². The molecule has 0 aliphatic heterocycles. The maximum Gasteiger partial charge on any atom is 0.324 e. The molecule has 0 bridgehead atoms. The van der Waals surface area contributed by atoms with Gasteiger partial charge in [-0.2, -0.15) is 8.78 Å². The lowest BCUT2D eigenvalue weighted by atomic mass is 10.3. The number of anilines is 1. The minimum atomic E-state index is -4.02. The predicted molar refractivity (Wildman–Crippen MR) is 48.4 cm³/mol. The van der Waals surface area contributed by atoms with Gasteiger partial charge in [-0.1, -0.05) is 0 Å². The van der Waals surface area contributed by atoms with E-state index in [1.165, 1.54) is 18.3 Å². The molecule has 6 heteroatoms. The van der Waals surface area contributed by atoms with Crippen LogP contribution in [0.4, 0.5) is 23.2 Å². The lowest BCUT2D eigenvalue weighted by Crippen LogP contribution is -2.34. The molecule has 1 aromatic heterocycles. The Balaban J connectivity index is 2.57. The molecule has 1 rings (SSSR count). The van der Waals surface area contributed by atoms with E-state index >= 15 is 0 Å². The summed E-state index contributed by atoms with van der Waals surface area (Å²) in [4.78, 5) is 3.84. The van der Waals surface area contributed by atoms with Crippen LogP contribution in [-0.4, -0.2) is 23.9 Å². The van der Waals surface area contributed by atoms with Gasteiger partial charge in [-0.05, 0) is 19.1 Å². The number of aromatic nitrogens is 1. The van der Waals surface area contributed by atoms with Crippen LogP contribution in [0.15, 0.2) is 18.3 Å². The van der Waals surface area contributed by atoms with E-state index in [-0.39, 0.29) is 0 Å². The quantitative estimate of drug-likeness (QED) is 0.792. The van der Waals surface area contributed by atoms with Gasteiger partial charge in [0.2, 0.25) is 0 Å². The molecule has 1 N–H and O–H groups in total. The molecule has 15 heavy (non-hydrogen) atoms. The summed E-state index contributed by atoms with van der Waals surface area (Å²) in [7, 11) is 0. The SMILES string of the molecule is Cc1cc(NCC(F)(F)C(F)F)ccn1. The fraction of sp³-hybridized carbons (Fsp3) is 0.444. The van der Waals surface area contributed by atoms with Gasteiger partial charge in [0.05, 0.1) is 6.54 Å². The lowest BCUT2D eigenvalue weighted by Gasteiger charge is -2.16. The fourth-order valence-electron chi connectivity index (χ4n) is 0.953. The van der Waals surface area contributed by atoms with Gasteiger partial charge in [-0.15, -0.1) is 0 Å². The number of nitrogens with one attached hydrogen (secondary N) is 1. The molecule has 0 aliphatic carbocycles. The van der Waals surface area contributed by atoms with Crippen LogP contribution < -0.4 is 5.32 Å². The van der Waals surface area contributed by atoms with Crippen LogP contribution in [0.3, 0.4) is 0 Å². The second-order valence-corrected chi connectivity index (χ2v) is 3.10. The van der Waals surface area contributed by atoms with Gasteiger partial charge >= 0.3 is 12.3 Å². The molecule has 2 nitrogen and oxygen atoms in total. The summed E-state index contributed by atoms with van der Waals surface area (Å²) in [5.74, 6) is -4.02. The number of aryl methyl sites for hydroxylation is 1. The first kappa shape index (κ1) is 11.7. The molecule has 0 unspecified atom stereocenters. The Bertz CT molecular complexity index is 328. The smallest absolute Gasteiger partial charge is 0.324 e. The monoisotopic (exact) mass is 222 g/mol. The zero-order valence-corrected chi connectivity index (χ0v) is 7.98. The van der Waals surface area contributed by atoms with Crippen molar-refractivity contribution in [2.24, 2.45) is 0 Å². The number of hydrogen-bond acceptors (Lipinski definition) is 2. The first-order valence-corrected chi connectivity index (χ1v) is 4.24. The lowest BCUT2D eigenvalue weighted by molar-refractivity contribution is -0.117. The van der Waals surface area contributed by atoms with Crippen molar-refractivity contribution in [2.45, 2.75) is 19.3 Å². The Morgan fingerprint density at radius 1 is 1.47 bits per heavy atom. The number of pyridine rings is 1. The van der Waals surface area contributed by atoms with E-state index < -0.39 is 18.9 Å². The van der Waals surface area contributed by atoms with E-state index in [2.05, 4.69) is 10.3 Å². The third-order valence-electron chi connectivity index (χ3n) is 1.74. The van der Waals surface area contributed by atoms with Crippen LogP contribution in [-0.2, 0) is 0 Å². The minimum Gasteiger partial charge on any atom is -0.379 e. The van der Waals surface area contributed by atoms with E-state index in [4.69, 9.17) is 0 Å². The van der Waals surface area contributed by atoms with E-state index in [9.17, 15) is 17.6 Å². The molecule has 0 amide bonds. The molecule has 1 aromatic rings. The van der Waals surface area contributed by atoms with Gasteiger partial charge in [0.25, 0.3) is 0 Å². The minimum absolute atomic E-state index is 0.350. The van der Waals surface area contributed by atoms with Crippen LogP contribution in [0.1, 0.15) is 5.69 Å². The molecule has 1 heterocycles. The molecule has 0 atom stereocenters. The van der Waals surface area contributed by atoms with Crippen molar-refractivity contribution in [3.05, 3.63) is 24.0 Å². The van der Waals surface area contributed by atoms with Crippen molar-refractivity contribution >= 4 is 5.69 Å². The topological polar surface area (TPSA) is 24.9 Å². The highest BCUT2D eigenvalue weighted by molar-refractivity contribution is 5.43. The van der Waals surface area contributed by atoms with Crippen molar-refractivity contribution in [2.75, 3.05) is 11.9 Å².